The first kappa shape index (κ1) is 16.9. The highest BCUT2D eigenvalue weighted by molar-refractivity contribution is 5.77. The third-order valence-corrected chi connectivity index (χ3v) is 3.44. The van der Waals surface area contributed by atoms with E-state index in [2.05, 4.69) is 5.32 Å². The molecule has 0 heterocycles. The van der Waals surface area contributed by atoms with Gasteiger partial charge in [-0.2, -0.15) is 0 Å². The Balaban J connectivity index is 1.86. The highest BCUT2D eigenvalue weighted by Gasteiger charge is 2.07. The van der Waals surface area contributed by atoms with E-state index in [1.165, 1.54) is 5.56 Å². The maximum atomic E-state index is 12.0. The molecular weight excluding hydrogens is 290 g/mol. The van der Waals surface area contributed by atoms with Gasteiger partial charge in [-0.1, -0.05) is 35.9 Å². The van der Waals surface area contributed by atoms with Crippen LogP contribution in [0.2, 0.25) is 0 Å². The SMILES string of the molecule is CCOc1ccccc1CNC(=O)COc1ccc(C)cc1C. The standard InChI is InChI=1S/C19H23NO3/c1-4-22-18-8-6-5-7-16(18)12-20-19(21)13-23-17-10-9-14(2)11-15(17)3/h5-11H,4,12-13H2,1-3H3,(H,20,21). The molecule has 0 aliphatic carbocycles. The Morgan fingerprint density at radius 3 is 2.57 bits per heavy atom. The molecule has 0 spiro atoms. The maximum absolute atomic E-state index is 12.0. The molecule has 0 radical (unpaired) electrons. The van der Waals surface area contributed by atoms with Crippen molar-refractivity contribution in [1.29, 1.82) is 0 Å². The van der Waals surface area contributed by atoms with Crippen molar-refractivity contribution in [2.45, 2.75) is 27.3 Å². The molecule has 0 saturated heterocycles. The van der Waals surface area contributed by atoms with Gasteiger partial charge in [0.1, 0.15) is 11.5 Å². The van der Waals surface area contributed by atoms with Gasteiger partial charge in [0.15, 0.2) is 6.61 Å². The molecule has 0 unspecified atom stereocenters. The normalized spacial score (nSPS) is 10.2. The molecule has 0 aliphatic heterocycles. The Bertz CT molecular complexity index is 667. The van der Waals surface area contributed by atoms with E-state index in [0.29, 0.717) is 13.2 Å². The van der Waals surface area contributed by atoms with Crippen molar-refractivity contribution in [2.75, 3.05) is 13.2 Å². The molecule has 2 aromatic rings. The Morgan fingerprint density at radius 2 is 1.83 bits per heavy atom. The minimum atomic E-state index is -0.156. The molecule has 0 atom stereocenters. The summed E-state index contributed by atoms with van der Waals surface area (Å²) in [5, 5.41) is 2.85. The van der Waals surface area contributed by atoms with Gasteiger partial charge in [0.05, 0.1) is 6.61 Å². The quantitative estimate of drug-likeness (QED) is 0.852. The van der Waals surface area contributed by atoms with Crippen molar-refractivity contribution in [2.24, 2.45) is 0 Å². The van der Waals surface area contributed by atoms with Crippen molar-refractivity contribution in [3.05, 3.63) is 59.2 Å². The first-order valence-electron chi connectivity index (χ1n) is 7.77. The zero-order valence-electron chi connectivity index (χ0n) is 13.9. The predicted octanol–water partition coefficient (Wildman–Crippen LogP) is 3.40. The van der Waals surface area contributed by atoms with Crippen LogP contribution in [0.4, 0.5) is 0 Å². The van der Waals surface area contributed by atoms with Crippen molar-refractivity contribution < 1.29 is 14.3 Å². The zero-order valence-corrected chi connectivity index (χ0v) is 13.9. The second-order valence-electron chi connectivity index (χ2n) is 5.38. The van der Waals surface area contributed by atoms with E-state index in [4.69, 9.17) is 9.47 Å². The Hall–Kier alpha value is -2.49. The van der Waals surface area contributed by atoms with Crippen LogP contribution in [0, 0.1) is 13.8 Å². The number of aryl methyl sites for hydroxylation is 2. The van der Waals surface area contributed by atoms with E-state index in [-0.39, 0.29) is 12.5 Å². The van der Waals surface area contributed by atoms with Crippen molar-refractivity contribution in [3.63, 3.8) is 0 Å². The van der Waals surface area contributed by atoms with Crippen LogP contribution in [0.15, 0.2) is 42.5 Å². The Kier molecular flexibility index (Phi) is 6.03. The molecule has 0 saturated carbocycles. The van der Waals surface area contributed by atoms with Gasteiger partial charge < -0.3 is 14.8 Å². The number of nitrogens with one attached hydrogen (secondary N) is 1. The molecule has 23 heavy (non-hydrogen) atoms. The summed E-state index contributed by atoms with van der Waals surface area (Å²) in [5.41, 5.74) is 3.15. The van der Waals surface area contributed by atoms with Gasteiger partial charge in [0.2, 0.25) is 0 Å². The number of amides is 1. The van der Waals surface area contributed by atoms with Crippen LogP contribution in [0.5, 0.6) is 11.5 Å². The second-order valence-corrected chi connectivity index (χ2v) is 5.38. The summed E-state index contributed by atoms with van der Waals surface area (Å²) in [5.74, 6) is 1.38. The molecule has 2 rings (SSSR count). The van der Waals surface area contributed by atoms with Gasteiger partial charge in [0.25, 0.3) is 5.91 Å². The summed E-state index contributed by atoms with van der Waals surface area (Å²) >= 11 is 0. The third kappa shape index (κ3) is 5.02. The summed E-state index contributed by atoms with van der Waals surface area (Å²) in [6, 6.07) is 13.6. The molecular formula is C19H23NO3. The lowest BCUT2D eigenvalue weighted by molar-refractivity contribution is -0.123. The smallest absolute Gasteiger partial charge is 0.258 e. The molecule has 0 bridgehead atoms. The summed E-state index contributed by atoms with van der Waals surface area (Å²) in [7, 11) is 0. The van der Waals surface area contributed by atoms with Crippen LogP contribution < -0.4 is 14.8 Å². The predicted molar refractivity (Wildman–Crippen MR) is 90.9 cm³/mol. The lowest BCUT2D eigenvalue weighted by Crippen LogP contribution is -2.28. The molecule has 0 fully saturated rings. The molecule has 0 aliphatic rings. The average molecular weight is 313 g/mol. The Labute approximate surface area is 137 Å². The molecule has 1 N–H and O–H groups in total. The molecule has 122 valence electrons. The number of hydrogen-bond donors (Lipinski definition) is 1. The van der Waals surface area contributed by atoms with E-state index >= 15 is 0 Å². The molecule has 4 heteroatoms. The number of carbonyl (C=O) groups excluding carboxylic acids is 1. The minimum absolute atomic E-state index is 0.000697. The zero-order chi connectivity index (χ0) is 16.7. The second kappa shape index (κ2) is 8.22. The molecule has 1 amide bonds. The monoisotopic (exact) mass is 313 g/mol. The molecule has 2 aromatic carbocycles. The van der Waals surface area contributed by atoms with E-state index in [9.17, 15) is 4.79 Å². The fourth-order valence-corrected chi connectivity index (χ4v) is 2.30. The number of benzene rings is 2. The van der Waals surface area contributed by atoms with Gasteiger partial charge >= 0.3 is 0 Å². The van der Waals surface area contributed by atoms with E-state index < -0.39 is 0 Å². The van der Waals surface area contributed by atoms with Crippen LogP contribution in [-0.2, 0) is 11.3 Å². The van der Waals surface area contributed by atoms with Gasteiger partial charge in [0, 0.05) is 12.1 Å². The van der Waals surface area contributed by atoms with E-state index in [1.807, 2.05) is 63.2 Å². The van der Waals surface area contributed by atoms with E-state index in [1.54, 1.807) is 0 Å². The van der Waals surface area contributed by atoms with Crippen LogP contribution in [-0.4, -0.2) is 19.1 Å². The Morgan fingerprint density at radius 1 is 1.04 bits per heavy atom. The largest absolute Gasteiger partial charge is 0.494 e. The number of carbonyl (C=O) groups is 1. The van der Waals surface area contributed by atoms with Gasteiger partial charge in [-0.3, -0.25) is 4.79 Å². The lowest BCUT2D eigenvalue weighted by atomic mass is 10.1. The summed E-state index contributed by atoms with van der Waals surface area (Å²) < 4.78 is 11.1. The number of ether oxygens (including phenoxy) is 2. The van der Waals surface area contributed by atoms with Crippen LogP contribution in [0.1, 0.15) is 23.6 Å². The number of rotatable bonds is 7. The average Bonchev–Trinajstić information content (AvgIpc) is 2.53. The summed E-state index contributed by atoms with van der Waals surface area (Å²) in [6.45, 7) is 6.96. The fraction of sp³-hybridized carbons (Fsp3) is 0.316. The highest BCUT2D eigenvalue weighted by Crippen LogP contribution is 2.19. The van der Waals surface area contributed by atoms with Crippen molar-refractivity contribution in [3.8, 4) is 11.5 Å². The fourth-order valence-electron chi connectivity index (χ4n) is 2.30. The van der Waals surface area contributed by atoms with Gasteiger partial charge in [-0.25, -0.2) is 0 Å². The van der Waals surface area contributed by atoms with Crippen LogP contribution in [0.25, 0.3) is 0 Å². The first-order valence-corrected chi connectivity index (χ1v) is 7.77. The number of hydrogen-bond acceptors (Lipinski definition) is 3. The van der Waals surface area contributed by atoms with E-state index in [0.717, 1.165) is 22.6 Å². The topological polar surface area (TPSA) is 47.6 Å². The summed E-state index contributed by atoms with van der Waals surface area (Å²) in [6.07, 6.45) is 0. The lowest BCUT2D eigenvalue weighted by Gasteiger charge is -2.12. The van der Waals surface area contributed by atoms with Crippen molar-refractivity contribution >= 4 is 5.91 Å². The minimum Gasteiger partial charge on any atom is -0.494 e. The summed E-state index contributed by atoms with van der Waals surface area (Å²) in [4.78, 5) is 12.0. The number of para-hydroxylation sites is 1. The highest BCUT2D eigenvalue weighted by atomic mass is 16.5. The van der Waals surface area contributed by atoms with Gasteiger partial charge in [-0.15, -0.1) is 0 Å². The molecule has 0 aromatic heterocycles. The maximum Gasteiger partial charge on any atom is 0.258 e. The van der Waals surface area contributed by atoms with Gasteiger partial charge in [-0.05, 0) is 38.5 Å². The van der Waals surface area contributed by atoms with Crippen molar-refractivity contribution in [1.82, 2.24) is 5.32 Å². The van der Waals surface area contributed by atoms with Crippen LogP contribution in [0.3, 0.4) is 0 Å². The molecule has 4 nitrogen and oxygen atoms in total. The third-order valence-electron chi connectivity index (χ3n) is 3.44. The van der Waals surface area contributed by atoms with Crippen LogP contribution >= 0.6 is 0 Å². The first-order chi connectivity index (χ1) is 11.1.